The first-order chi connectivity index (χ1) is 13.2. The number of aromatic nitrogens is 1. The minimum Gasteiger partial charge on any atom is -0.366 e. The van der Waals surface area contributed by atoms with Crippen molar-refractivity contribution < 1.29 is 4.79 Å². The molecule has 2 aliphatic heterocycles. The summed E-state index contributed by atoms with van der Waals surface area (Å²) in [4.78, 5) is 21.0. The van der Waals surface area contributed by atoms with Gasteiger partial charge in [-0.05, 0) is 38.0 Å². The number of fused-ring (bicyclic) bond motifs is 2. The highest BCUT2D eigenvalue weighted by molar-refractivity contribution is 6.08. The van der Waals surface area contributed by atoms with Crippen molar-refractivity contribution >= 4 is 28.2 Å². The Balaban J connectivity index is 1.32. The number of likely N-dealkylation sites (tertiary alicyclic amines) is 1. The van der Waals surface area contributed by atoms with E-state index in [2.05, 4.69) is 39.5 Å². The van der Waals surface area contributed by atoms with Crippen molar-refractivity contribution in [2.24, 2.45) is 0 Å². The van der Waals surface area contributed by atoms with Crippen molar-refractivity contribution in [3.05, 3.63) is 59.8 Å². The standard InChI is InChI=1S/C22H24N4O/c1-15-21(17-6-2-3-7-18(17)24-15)22(27)25-12-10-16(11-13-25)26-14-23-19-8-4-5-9-20(19)26/h2-9,16,23-24H,10-14H2,1H3. The van der Waals surface area contributed by atoms with E-state index >= 15 is 0 Å². The molecule has 2 N–H and O–H groups in total. The quantitative estimate of drug-likeness (QED) is 0.727. The maximum Gasteiger partial charge on any atom is 0.256 e. The number of nitrogens with one attached hydrogen (secondary N) is 2. The number of nitrogens with zero attached hydrogens (tertiary/aromatic N) is 2. The predicted molar refractivity (Wildman–Crippen MR) is 109 cm³/mol. The van der Waals surface area contributed by atoms with E-state index < -0.39 is 0 Å². The summed E-state index contributed by atoms with van der Waals surface area (Å²) in [6.07, 6.45) is 2.01. The van der Waals surface area contributed by atoms with Gasteiger partial charge in [0.25, 0.3) is 5.91 Å². The first-order valence-corrected chi connectivity index (χ1v) is 9.68. The molecule has 0 unspecified atom stereocenters. The number of aromatic amines is 1. The fraction of sp³-hybridized carbons (Fsp3) is 0.318. The molecule has 0 saturated carbocycles. The van der Waals surface area contributed by atoms with Crippen molar-refractivity contribution in [1.82, 2.24) is 9.88 Å². The maximum atomic E-state index is 13.2. The molecule has 138 valence electrons. The van der Waals surface area contributed by atoms with Gasteiger partial charge in [0.15, 0.2) is 0 Å². The number of anilines is 2. The number of para-hydroxylation sites is 3. The Labute approximate surface area is 159 Å². The highest BCUT2D eigenvalue weighted by Crippen LogP contribution is 2.35. The topological polar surface area (TPSA) is 51.4 Å². The molecule has 2 aliphatic rings. The van der Waals surface area contributed by atoms with Crippen LogP contribution in [0.2, 0.25) is 0 Å². The molecule has 5 nitrogen and oxygen atoms in total. The van der Waals surface area contributed by atoms with E-state index in [0.717, 1.165) is 54.8 Å². The summed E-state index contributed by atoms with van der Waals surface area (Å²) in [6.45, 7) is 4.47. The average Bonchev–Trinajstić information content (AvgIpc) is 3.28. The highest BCUT2D eigenvalue weighted by atomic mass is 16.2. The fourth-order valence-electron chi connectivity index (χ4n) is 4.55. The number of hydrogen-bond donors (Lipinski definition) is 2. The van der Waals surface area contributed by atoms with E-state index in [9.17, 15) is 4.79 Å². The van der Waals surface area contributed by atoms with Crippen LogP contribution in [-0.4, -0.2) is 41.6 Å². The van der Waals surface area contributed by atoms with Crippen LogP contribution in [0.4, 0.5) is 11.4 Å². The van der Waals surface area contributed by atoms with Gasteiger partial charge in [-0.25, -0.2) is 0 Å². The van der Waals surface area contributed by atoms with Gasteiger partial charge >= 0.3 is 0 Å². The van der Waals surface area contributed by atoms with Crippen LogP contribution in [0.3, 0.4) is 0 Å². The third-order valence-corrected chi connectivity index (χ3v) is 5.95. The molecule has 27 heavy (non-hydrogen) atoms. The van der Waals surface area contributed by atoms with Crippen LogP contribution in [0.25, 0.3) is 10.9 Å². The van der Waals surface area contributed by atoms with E-state index in [0.29, 0.717) is 6.04 Å². The number of amides is 1. The molecule has 3 aromatic rings. The lowest BCUT2D eigenvalue weighted by Gasteiger charge is -2.37. The third kappa shape index (κ3) is 2.65. The second kappa shape index (κ2) is 6.34. The lowest BCUT2D eigenvalue weighted by Crippen LogP contribution is -2.46. The first-order valence-electron chi connectivity index (χ1n) is 9.68. The molecule has 3 heterocycles. The summed E-state index contributed by atoms with van der Waals surface area (Å²) in [5.41, 5.74) is 5.33. The Morgan fingerprint density at radius 2 is 1.78 bits per heavy atom. The van der Waals surface area contributed by atoms with Gasteiger partial charge in [-0.2, -0.15) is 0 Å². The Morgan fingerprint density at radius 1 is 1.04 bits per heavy atom. The molecule has 1 amide bonds. The lowest BCUT2D eigenvalue weighted by atomic mass is 10.0. The zero-order chi connectivity index (χ0) is 18.4. The van der Waals surface area contributed by atoms with Crippen LogP contribution in [-0.2, 0) is 0 Å². The molecule has 0 spiro atoms. The smallest absolute Gasteiger partial charge is 0.256 e. The largest absolute Gasteiger partial charge is 0.366 e. The predicted octanol–water partition coefficient (Wildman–Crippen LogP) is 3.97. The minimum absolute atomic E-state index is 0.156. The van der Waals surface area contributed by atoms with Crippen LogP contribution in [0, 0.1) is 6.92 Å². The Hall–Kier alpha value is -2.95. The summed E-state index contributed by atoms with van der Waals surface area (Å²) >= 11 is 0. The van der Waals surface area contributed by atoms with Crippen molar-refractivity contribution in [1.29, 1.82) is 0 Å². The molecule has 1 aromatic heterocycles. The summed E-state index contributed by atoms with van der Waals surface area (Å²) in [5.74, 6) is 0.156. The van der Waals surface area contributed by atoms with Crippen LogP contribution >= 0.6 is 0 Å². The summed E-state index contributed by atoms with van der Waals surface area (Å²) in [5, 5.41) is 4.50. The molecular weight excluding hydrogens is 336 g/mol. The van der Waals surface area contributed by atoms with Crippen LogP contribution in [0.5, 0.6) is 0 Å². The number of aryl methyl sites for hydroxylation is 1. The summed E-state index contributed by atoms with van der Waals surface area (Å²) in [6, 6.07) is 17.0. The number of hydrogen-bond acceptors (Lipinski definition) is 3. The molecule has 2 aromatic carbocycles. The first kappa shape index (κ1) is 16.2. The van der Waals surface area contributed by atoms with Crippen LogP contribution in [0.1, 0.15) is 28.9 Å². The van der Waals surface area contributed by atoms with Gasteiger partial charge in [-0.1, -0.05) is 30.3 Å². The van der Waals surface area contributed by atoms with Crippen LogP contribution in [0.15, 0.2) is 48.5 Å². The van der Waals surface area contributed by atoms with Crippen molar-refractivity contribution in [2.75, 3.05) is 30.0 Å². The van der Waals surface area contributed by atoms with Gasteiger partial charge in [-0.3, -0.25) is 4.79 Å². The Morgan fingerprint density at radius 3 is 2.63 bits per heavy atom. The van der Waals surface area contributed by atoms with E-state index in [1.165, 1.54) is 11.4 Å². The monoisotopic (exact) mass is 360 g/mol. The van der Waals surface area contributed by atoms with Crippen LogP contribution < -0.4 is 10.2 Å². The average molecular weight is 360 g/mol. The van der Waals surface area contributed by atoms with E-state index in [4.69, 9.17) is 0 Å². The minimum atomic E-state index is 0.156. The number of benzene rings is 2. The molecule has 5 heteroatoms. The molecule has 0 atom stereocenters. The molecule has 1 fully saturated rings. The van der Waals surface area contributed by atoms with Crippen molar-refractivity contribution in [3.8, 4) is 0 Å². The fourth-order valence-corrected chi connectivity index (χ4v) is 4.55. The Kier molecular flexibility index (Phi) is 3.81. The van der Waals surface area contributed by atoms with E-state index in [1.54, 1.807) is 0 Å². The van der Waals surface area contributed by atoms with Gasteiger partial charge in [0.1, 0.15) is 0 Å². The van der Waals surface area contributed by atoms with Gasteiger partial charge in [0.05, 0.1) is 23.6 Å². The summed E-state index contributed by atoms with van der Waals surface area (Å²) in [7, 11) is 0. The lowest BCUT2D eigenvalue weighted by molar-refractivity contribution is 0.0714. The highest BCUT2D eigenvalue weighted by Gasteiger charge is 2.31. The number of carbonyl (C=O) groups excluding carboxylic acids is 1. The number of carbonyl (C=O) groups is 1. The third-order valence-electron chi connectivity index (χ3n) is 5.95. The Bertz CT molecular complexity index is 1000. The molecule has 0 aliphatic carbocycles. The van der Waals surface area contributed by atoms with Crippen molar-refractivity contribution in [2.45, 2.75) is 25.8 Å². The number of H-pyrrole nitrogens is 1. The molecule has 1 saturated heterocycles. The van der Waals surface area contributed by atoms with Gasteiger partial charge in [0, 0.05) is 35.7 Å². The second-order valence-corrected chi connectivity index (χ2v) is 7.52. The zero-order valence-electron chi connectivity index (χ0n) is 15.5. The second-order valence-electron chi connectivity index (χ2n) is 7.52. The molecule has 0 radical (unpaired) electrons. The van der Waals surface area contributed by atoms with Gasteiger partial charge in [-0.15, -0.1) is 0 Å². The van der Waals surface area contributed by atoms with Gasteiger partial charge < -0.3 is 20.1 Å². The summed E-state index contributed by atoms with van der Waals surface area (Å²) < 4.78 is 0. The van der Waals surface area contributed by atoms with Crippen molar-refractivity contribution in [3.63, 3.8) is 0 Å². The molecular formula is C22H24N4O. The molecule has 5 rings (SSSR count). The molecule has 0 bridgehead atoms. The van der Waals surface area contributed by atoms with Gasteiger partial charge in [0.2, 0.25) is 0 Å². The van der Waals surface area contributed by atoms with E-state index in [-0.39, 0.29) is 5.91 Å². The number of piperidine rings is 1. The maximum absolute atomic E-state index is 13.2. The SMILES string of the molecule is Cc1[nH]c2ccccc2c1C(=O)N1CCC(N2CNc3ccccc32)CC1. The normalized spacial score (nSPS) is 17.2. The van der Waals surface area contributed by atoms with E-state index in [1.807, 2.05) is 36.1 Å². The zero-order valence-corrected chi connectivity index (χ0v) is 15.5. The number of rotatable bonds is 2.